The Morgan fingerprint density at radius 1 is 1.50 bits per heavy atom. The van der Waals surface area contributed by atoms with Gasteiger partial charge >= 0.3 is 0 Å². The molecule has 3 heteroatoms. The third-order valence-corrected chi connectivity index (χ3v) is 1.88. The molecule has 62 valence electrons. The van der Waals surface area contributed by atoms with Gasteiger partial charge in [0.1, 0.15) is 0 Å². The third-order valence-electron chi connectivity index (χ3n) is 1.39. The summed E-state index contributed by atoms with van der Waals surface area (Å²) in [4.78, 5) is 2.24. The second-order valence-corrected chi connectivity index (χ2v) is 3.71. The summed E-state index contributed by atoms with van der Waals surface area (Å²) >= 11 is 2.36. The van der Waals surface area contributed by atoms with Gasteiger partial charge in [-0.3, -0.25) is 0 Å². The molecule has 0 aliphatic carbocycles. The molecule has 0 spiro atoms. The van der Waals surface area contributed by atoms with E-state index in [4.69, 9.17) is 5.11 Å². The Bertz CT molecular complexity index is 78.0. The first-order valence-corrected chi connectivity index (χ1v) is 5.12. The first-order valence-electron chi connectivity index (χ1n) is 3.59. The maximum Gasteiger partial charge on any atom is 0.0524 e. The lowest BCUT2D eigenvalue weighted by atomic mass is 10.3. The molecule has 0 radical (unpaired) electrons. The first-order chi connectivity index (χ1) is 4.66. The van der Waals surface area contributed by atoms with Gasteiger partial charge in [-0.1, -0.05) is 22.6 Å². The van der Waals surface area contributed by atoms with Crippen LogP contribution in [0.15, 0.2) is 0 Å². The van der Waals surface area contributed by atoms with Crippen molar-refractivity contribution >= 4 is 22.6 Å². The zero-order chi connectivity index (χ0) is 7.98. The highest BCUT2D eigenvalue weighted by atomic mass is 127. The van der Waals surface area contributed by atoms with E-state index in [1.165, 1.54) is 0 Å². The van der Waals surface area contributed by atoms with Gasteiger partial charge in [0.05, 0.1) is 6.10 Å². The van der Waals surface area contributed by atoms with Gasteiger partial charge in [0.25, 0.3) is 0 Å². The Morgan fingerprint density at radius 3 is 2.50 bits per heavy atom. The SMILES string of the molecule is CC(O)CCN(C)CCI. The van der Waals surface area contributed by atoms with E-state index in [0.717, 1.165) is 23.9 Å². The highest BCUT2D eigenvalue weighted by molar-refractivity contribution is 14.1. The van der Waals surface area contributed by atoms with Crippen molar-refractivity contribution in [2.75, 3.05) is 24.6 Å². The number of hydrogen-bond donors (Lipinski definition) is 1. The van der Waals surface area contributed by atoms with Crippen LogP contribution < -0.4 is 0 Å². The van der Waals surface area contributed by atoms with Crippen molar-refractivity contribution in [3.05, 3.63) is 0 Å². The smallest absolute Gasteiger partial charge is 0.0524 e. The van der Waals surface area contributed by atoms with E-state index >= 15 is 0 Å². The Balaban J connectivity index is 3.12. The van der Waals surface area contributed by atoms with Gasteiger partial charge < -0.3 is 10.0 Å². The zero-order valence-electron chi connectivity index (χ0n) is 6.68. The number of hydrogen-bond acceptors (Lipinski definition) is 2. The van der Waals surface area contributed by atoms with Crippen LogP contribution in [-0.2, 0) is 0 Å². The molecular weight excluding hydrogens is 241 g/mol. The molecule has 2 nitrogen and oxygen atoms in total. The minimum atomic E-state index is -0.156. The van der Waals surface area contributed by atoms with Crippen molar-refractivity contribution in [2.24, 2.45) is 0 Å². The average molecular weight is 257 g/mol. The lowest BCUT2D eigenvalue weighted by molar-refractivity contribution is 0.166. The summed E-state index contributed by atoms with van der Waals surface area (Å²) in [5.41, 5.74) is 0. The van der Waals surface area contributed by atoms with E-state index in [1.807, 2.05) is 6.92 Å². The van der Waals surface area contributed by atoms with Crippen LogP contribution in [0.4, 0.5) is 0 Å². The van der Waals surface area contributed by atoms with E-state index in [2.05, 4.69) is 34.5 Å². The predicted molar refractivity (Wildman–Crippen MR) is 52.7 cm³/mol. The fraction of sp³-hybridized carbons (Fsp3) is 1.00. The maximum atomic E-state index is 8.94. The molecule has 1 N–H and O–H groups in total. The summed E-state index contributed by atoms with van der Waals surface area (Å²) in [6.07, 6.45) is 0.726. The molecule has 0 aromatic carbocycles. The van der Waals surface area contributed by atoms with E-state index < -0.39 is 0 Å². The molecule has 1 unspecified atom stereocenters. The van der Waals surface area contributed by atoms with Gasteiger partial charge in [-0.2, -0.15) is 0 Å². The Morgan fingerprint density at radius 2 is 2.10 bits per heavy atom. The molecule has 0 aliphatic heterocycles. The molecule has 0 aromatic heterocycles. The van der Waals surface area contributed by atoms with Crippen LogP contribution >= 0.6 is 22.6 Å². The van der Waals surface area contributed by atoms with Crippen molar-refractivity contribution in [2.45, 2.75) is 19.4 Å². The topological polar surface area (TPSA) is 23.5 Å². The average Bonchev–Trinajstić information content (AvgIpc) is 1.85. The van der Waals surface area contributed by atoms with Gasteiger partial charge in [-0.25, -0.2) is 0 Å². The quantitative estimate of drug-likeness (QED) is 0.589. The summed E-state index contributed by atoms with van der Waals surface area (Å²) in [6.45, 7) is 3.95. The minimum Gasteiger partial charge on any atom is -0.393 e. The monoisotopic (exact) mass is 257 g/mol. The molecule has 0 rings (SSSR count). The maximum absolute atomic E-state index is 8.94. The second-order valence-electron chi connectivity index (χ2n) is 2.63. The summed E-state index contributed by atoms with van der Waals surface area (Å²) in [5, 5.41) is 8.94. The number of aliphatic hydroxyl groups is 1. The van der Waals surface area contributed by atoms with Crippen molar-refractivity contribution in [1.82, 2.24) is 4.90 Å². The van der Waals surface area contributed by atoms with E-state index in [9.17, 15) is 0 Å². The molecule has 0 saturated carbocycles. The van der Waals surface area contributed by atoms with Crippen LogP contribution in [0.1, 0.15) is 13.3 Å². The summed E-state index contributed by atoms with van der Waals surface area (Å²) < 4.78 is 1.16. The number of alkyl halides is 1. The Labute approximate surface area is 76.7 Å². The van der Waals surface area contributed by atoms with Crippen LogP contribution in [0.25, 0.3) is 0 Å². The molecule has 1 atom stereocenters. The predicted octanol–water partition coefficient (Wildman–Crippen LogP) is 1.12. The van der Waals surface area contributed by atoms with Crippen molar-refractivity contribution in [3.8, 4) is 0 Å². The molecule has 10 heavy (non-hydrogen) atoms. The molecule has 0 bridgehead atoms. The Kier molecular flexibility index (Phi) is 6.78. The number of rotatable bonds is 5. The van der Waals surface area contributed by atoms with Crippen LogP contribution in [0.2, 0.25) is 0 Å². The van der Waals surface area contributed by atoms with Crippen LogP contribution in [0, 0.1) is 0 Å². The third kappa shape index (κ3) is 6.77. The summed E-state index contributed by atoms with van der Waals surface area (Å²) in [6, 6.07) is 0. The van der Waals surface area contributed by atoms with Gasteiger partial charge in [-0.05, 0) is 20.4 Å². The van der Waals surface area contributed by atoms with E-state index in [-0.39, 0.29) is 6.10 Å². The van der Waals surface area contributed by atoms with Crippen LogP contribution in [0.3, 0.4) is 0 Å². The fourth-order valence-corrected chi connectivity index (χ4v) is 1.49. The standard InChI is InChI=1S/C7H16INO/c1-7(10)3-5-9(2)6-4-8/h7,10H,3-6H2,1-2H3. The molecule has 0 saturated heterocycles. The normalized spacial score (nSPS) is 14.1. The number of halogens is 1. The van der Waals surface area contributed by atoms with Gasteiger partial charge in [0.2, 0.25) is 0 Å². The minimum absolute atomic E-state index is 0.156. The molecular formula is C7H16INO. The van der Waals surface area contributed by atoms with Crippen LogP contribution in [0.5, 0.6) is 0 Å². The van der Waals surface area contributed by atoms with E-state index in [1.54, 1.807) is 0 Å². The molecule has 0 aliphatic rings. The number of nitrogens with zero attached hydrogens (tertiary/aromatic N) is 1. The van der Waals surface area contributed by atoms with E-state index in [0.29, 0.717) is 0 Å². The first kappa shape index (κ1) is 10.7. The molecule has 0 heterocycles. The summed E-state index contributed by atoms with van der Waals surface area (Å²) in [5.74, 6) is 0. The fourth-order valence-electron chi connectivity index (χ4n) is 0.663. The lowest BCUT2D eigenvalue weighted by Crippen LogP contribution is -2.24. The van der Waals surface area contributed by atoms with Crippen molar-refractivity contribution in [1.29, 1.82) is 0 Å². The van der Waals surface area contributed by atoms with Crippen molar-refractivity contribution < 1.29 is 5.11 Å². The number of aliphatic hydroxyl groups excluding tert-OH is 1. The molecule has 0 amide bonds. The lowest BCUT2D eigenvalue weighted by Gasteiger charge is -2.15. The van der Waals surface area contributed by atoms with Crippen LogP contribution in [-0.4, -0.2) is 40.7 Å². The Hall–Kier alpha value is 0.650. The van der Waals surface area contributed by atoms with Gasteiger partial charge in [0, 0.05) is 17.5 Å². The molecule has 0 fully saturated rings. The molecule has 0 aromatic rings. The second kappa shape index (κ2) is 6.37. The van der Waals surface area contributed by atoms with Gasteiger partial charge in [-0.15, -0.1) is 0 Å². The largest absolute Gasteiger partial charge is 0.393 e. The zero-order valence-corrected chi connectivity index (χ0v) is 8.84. The highest BCUT2D eigenvalue weighted by Crippen LogP contribution is 1.93. The van der Waals surface area contributed by atoms with Crippen molar-refractivity contribution in [3.63, 3.8) is 0 Å². The highest BCUT2D eigenvalue weighted by Gasteiger charge is 1.99. The van der Waals surface area contributed by atoms with Gasteiger partial charge in [0.15, 0.2) is 0 Å². The summed E-state index contributed by atoms with van der Waals surface area (Å²) in [7, 11) is 2.08.